The first-order chi connectivity index (χ1) is 8.24. The second-order valence-corrected chi connectivity index (χ2v) is 3.56. The molecule has 2 N–H and O–H groups in total. The molecule has 0 unspecified atom stereocenters. The molecule has 2 aromatic rings. The van der Waals surface area contributed by atoms with Crippen molar-refractivity contribution in [1.82, 2.24) is 4.98 Å². The van der Waals surface area contributed by atoms with Crippen molar-refractivity contribution in [2.45, 2.75) is 6.54 Å². The third-order valence-corrected chi connectivity index (χ3v) is 2.45. The van der Waals surface area contributed by atoms with Crippen LogP contribution in [0.15, 0.2) is 36.5 Å². The third-order valence-electron chi connectivity index (χ3n) is 2.45. The summed E-state index contributed by atoms with van der Waals surface area (Å²) in [6.45, 7) is 0.426. The molecule has 0 aliphatic rings. The lowest BCUT2D eigenvalue weighted by Gasteiger charge is -2.03. The summed E-state index contributed by atoms with van der Waals surface area (Å²) in [4.78, 5) is 4.19. The predicted molar refractivity (Wildman–Crippen MR) is 62.2 cm³/mol. The number of benzene rings is 1. The number of nitrogens with two attached hydrogens (primary N) is 1. The van der Waals surface area contributed by atoms with Crippen LogP contribution in [0, 0.1) is 17.1 Å². The number of hydrogen-bond donors (Lipinski definition) is 1. The highest BCUT2D eigenvalue weighted by atomic mass is 19.1. The maximum atomic E-state index is 13.4. The Bertz CT molecular complexity index is 570. The molecule has 0 fully saturated rings. The van der Waals surface area contributed by atoms with Crippen LogP contribution in [0.2, 0.25) is 0 Å². The van der Waals surface area contributed by atoms with Gasteiger partial charge in [0.05, 0.1) is 11.3 Å². The van der Waals surface area contributed by atoms with Gasteiger partial charge in [0.25, 0.3) is 0 Å². The van der Waals surface area contributed by atoms with E-state index in [1.165, 1.54) is 12.1 Å². The Kier molecular flexibility index (Phi) is 3.12. The Hall–Kier alpha value is -2.25. The minimum atomic E-state index is -0.533. The summed E-state index contributed by atoms with van der Waals surface area (Å²) in [5.41, 5.74) is 7.72. The van der Waals surface area contributed by atoms with Crippen LogP contribution < -0.4 is 5.73 Å². The fourth-order valence-corrected chi connectivity index (χ4v) is 1.48. The monoisotopic (exact) mass is 227 g/mol. The second kappa shape index (κ2) is 4.73. The fourth-order valence-electron chi connectivity index (χ4n) is 1.48. The smallest absolute Gasteiger partial charge is 0.141 e. The van der Waals surface area contributed by atoms with Crippen molar-refractivity contribution in [3.63, 3.8) is 0 Å². The van der Waals surface area contributed by atoms with Crippen LogP contribution >= 0.6 is 0 Å². The van der Waals surface area contributed by atoms with Gasteiger partial charge < -0.3 is 5.73 Å². The maximum absolute atomic E-state index is 13.4. The lowest BCUT2D eigenvalue weighted by atomic mass is 10.1. The summed E-state index contributed by atoms with van der Waals surface area (Å²) in [5, 5.41) is 8.63. The zero-order valence-corrected chi connectivity index (χ0v) is 9.02. The molecule has 0 bridgehead atoms. The van der Waals surface area contributed by atoms with Gasteiger partial charge in [-0.3, -0.25) is 4.98 Å². The van der Waals surface area contributed by atoms with E-state index in [1.807, 2.05) is 6.07 Å². The largest absolute Gasteiger partial charge is 0.326 e. The third kappa shape index (κ3) is 2.30. The van der Waals surface area contributed by atoms with Gasteiger partial charge >= 0.3 is 0 Å². The van der Waals surface area contributed by atoms with E-state index in [2.05, 4.69) is 4.98 Å². The molecule has 1 heterocycles. The van der Waals surface area contributed by atoms with Gasteiger partial charge in [-0.2, -0.15) is 5.26 Å². The van der Waals surface area contributed by atoms with Crippen molar-refractivity contribution in [3.8, 4) is 17.3 Å². The quantitative estimate of drug-likeness (QED) is 0.855. The lowest BCUT2D eigenvalue weighted by molar-refractivity contribution is 0.624. The number of rotatable bonds is 2. The molecule has 0 aliphatic heterocycles. The van der Waals surface area contributed by atoms with Crippen molar-refractivity contribution in [3.05, 3.63) is 53.5 Å². The predicted octanol–water partition coefficient (Wildman–Crippen LogP) is 2.22. The first-order valence-electron chi connectivity index (χ1n) is 5.09. The minimum Gasteiger partial charge on any atom is -0.326 e. The molecule has 0 saturated heterocycles. The minimum absolute atomic E-state index is 0.0346. The molecular formula is C13H10FN3. The molecule has 4 heteroatoms. The molecule has 2 rings (SSSR count). The van der Waals surface area contributed by atoms with E-state index < -0.39 is 5.82 Å². The van der Waals surface area contributed by atoms with Gasteiger partial charge in [-0.25, -0.2) is 4.39 Å². The molecule has 0 radical (unpaired) electrons. The van der Waals surface area contributed by atoms with Crippen molar-refractivity contribution >= 4 is 0 Å². The molecular weight excluding hydrogens is 217 g/mol. The fraction of sp³-hybridized carbons (Fsp3) is 0.0769. The highest BCUT2D eigenvalue weighted by Crippen LogP contribution is 2.19. The normalized spacial score (nSPS) is 9.94. The molecule has 0 amide bonds. The number of halogens is 1. The van der Waals surface area contributed by atoms with Crippen LogP contribution in [0.5, 0.6) is 0 Å². The average Bonchev–Trinajstić information content (AvgIpc) is 2.39. The number of hydrogen-bond acceptors (Lipinski definition) is 3. The molecule has 3 nitrogen and oxygen atoms in total. The van der Waals surface area contributed by atoms with Gasteiger partial charge in [-0.15, -0.1) is 0 Å². The molecule has 0 spiro atoms. The summed E-state index contributed by atoms with van der Waals surface area (Å²) < 4.78 is 13.4. The Morgan fingerprint density at radius 1 is 1.29 bits per heavy atom. The van der Waals surface area contributed by atoms with E-state index in [4.69, 9.17) is 11.0 Å². The van der Waals surface area contributed by atoms with Gasteiger partial charge in [-0.1, -0.05) is 12.1 Å². The van der Waals surface area contributed by atoms with Crippen molar-refractivity contribution in [1.29, 1.82) is 5.26 Å². The maximum Gasteiger partial charge on any atom is 0.141 e. The summed E-state index contributed by atoms with van der Waals surface area (Å²) >= 11 is 0. The van der Waals surface area contributed by atoms with Crippen LogP contribution in [0.4, 0.5) is 4.39 Å². The van der Waals surface area contributed by atoms with Crippen LogP contribution in [0.25, 0.3) is 11.3 Å². The van der Waals surface area contributed by atoms with E-state index in [1.54, 1.807) is 24.4 Å². The first-order valence-corrected chi connectivity index (χ1v) is 5.09. The van der Waals surface area contributed by atoms with Crippen molar-refractivity contribution in [2.24, 2.45) is 5.73 Å². The Labute approximate surface area is 98.3 Å². The van der Waals surface area contributed by atoms with Gasteiger partial charge in [0, 0.05) is 18.3 Å². The zero-order valence-electron chi connectivity index (χ0n) is 9.02. The second-order valence-electron chi connectivity index (χ2n) is 3.56. The summed E-state index contributed by atoms with van der Waals surface area (Å²) in [6, 6.07) is 9.84. The molecule has 0 saturated carbocycles. The number of nitrogens with zero attached hydrogens (tertiary/aromatic N) is 2. The number of aromatic nitrogens is 1. The Morgan fingerprint density at radius 2 is 2.12 bits per heavy atom. The standard InChI is InChI=1S/C13H10FN3/c14-12-5-10(2-3-11(12)7-16)13-4-1-9(6-15)8-17-13/h1-5,8H,6,15H2. The number of pyridine rings is 1. The zero-order chi connectivity index (χ0) is 12.3. The molecule has 1 aromatic heterocycles. The molecule has 0 atom stereocenters. The SMILES string of the molecule is N#Cc1ccc(-c2ccc(CN)cn2)cc1F. The first kappa shape index (κ1) is 11.2. The van der Waals surface area contributed by atoms with Crippen molar-refractivity contribution in [2.75, 3.05) is 0 Å². The van der Waals surface area contributed by atoms with Gasteiger partial charge in [-0.05, 0) is 23.8 Å². The van der Waals surface area contributed by atoms with Crippen LogP contribution in [0.3, 0.4) is 0 Å². The summed E-state index contributed by atoms with van der Waals surface area (Å²) in [5.74, 6) is -0.533. The Morgan fingerprint density at radius 3 is 2.65 bits per heavy atom. The average molecular weight is 227 g/mol. The van der Waals surface area contributed by atoms with E-state index in [0.717, 1.165) is 5.56 Å². The van der Waals surface area contributed by atoms with Gasteiger partial charge in [0.15, 0.2) is 0 Å². The number of nitriles is 1. The topological polar surface area (TPSA) is 62.7 Å². The van der Waals surface area contributed by atoms with Crippen LogP contribution in [-0.4, -0.2) is 4.98 Å². The van der Waals surface area contributed by atoms with Crippen molar-refractivity contribution < 1.29 is 4.39 Å². The molecule has 17 heavy (non-hydrogen) atoms. The van der Waals surface area contributed by atoms with E-state index in [9.17, 15) is 4.39 Å². The molecule has 1 aromatic carbocycles. The van der Waals surface area contributed by atoms with Crippen LogP contribution in [0.1, 0.15) is 11.1 Å². The highest BCUT2D eigenvalue weighted by Gasteiger charge is 2.05. The van der Waals surface area contributed by atoms with E-state index >= 15 is 0 Å². The van der Waals surface area contributed by atoms with E-state index in [0.29, 0.717) is 17.8 Å². The summed E-state index contributed by atoms with van der Waals surface area (Å²) in [6.07, 6.45) is 1.66. The van der Waals surface area contributed by atoms with Gasteiger partial charge in [0.2, 0.25) is 0 Å². The molecule has 84 valence electrons. The Balaban J connectivity index is 2.40. The van der Waals surface area contributed by atoms with E-state index in [-0.39, 0.29) is 5.56 Å². The lowest BCUT2D eigenvalue weighted by Crippen LogP contribution is -1.97. The van der Waals surface area contributed by atoms with Crippen LogP contribution in [-0.2, 0) is 6.54 Å². The molecule has 0 aliphatic carbocycles. The highest BCUT2D eigenvalue weighted by molar-refractivity contribution is 5.60. The van der Waals surface area contributed by atoms with Gasteiger partial charge in [0.1, 0.15) is 11.9 Å². The summed E-state index contributed by atoms with van der Waals surface area (Å²) in [7, 11) is 0.